The zero-order valence-corrected chi connectivity index (χ0v) is 21.0. The van der Waals surface area contributed by atoms with E-state index < -0.39 is 29.9 Å². The van der Waals surface area contributed by atoms with Gasteiger partial charge in [0.1, 0.15) is 5.92 Å². The van der Waals surface area contributed by atoms with Crippen molar-refractivity contribution in [3.63, 3.8) is 0 Å². The first-order chi connectivity index (χ1) is 19.1. The average molecular weight is 521 g/mol. The SMILES string of the molecule is COc1cc([C@@H]2[C@@H]3C(=O)N(c4ccccc4)C(=O)[C@H]3ON2c2ccccc2)ccc1OC(=O)c1ccccc1. The molecule has 8 heteroatoms. The maximum absolute atomic E-state index is 13.8. The lowest BCUT2D eigenvalue weighted by Crippen LogP contribution is -2.37. The average Bonchev–Trinajstić information content (AvgIpc) is 3.50. The molecule has 4 aromatic carbocycles. The third-order valence-electron chi connectivity index (χ3n) is 6.88. The maximum Gasteiger partial charge on any atom is 0.343 e. The molecule has 2 heterocycles. The van der Waals surface area contributed by atoms with E-state index in [1.807, 2.05) is 42.5 Å². The normalized spacial score (nSPS) is 20.2. The topological polar surface area (TPSA) is 85.4 Å². The van der Waals surface area contributed by atoms with Gasteiger partial charge in [-0.1, -0.05) is 60.7 Å². The zero-order valence-electron chi connectivity index (χ0n) is 21.0. The molecule has 2 saturated heterocycles. The first-order valence-electron chi connectivity index (χ1n) is 12.5. The molecule has 0 aromatic heterocycles. The van der Waals surface area contributed by atoms with Crippen molar-refractivity contribution in [3.8, 4) is 11.5 Å². The van der Waals surface area contributed by atoms with Gasteiger partial charge in [-0.2, -0.15) is 0 Å². The number of hydrogen-bond acceptors (Lipinski definition) is 7. The molecule has 3 atom stereocenters. The lowest BCUT2D eigenvalue weighted by atomic mass is 9.90. The van der Waals surface area contributed by atoms with Crippen molar-refractivity contribution in [2.24, 2.45) is 5.92 Å². The number of anilines is 2. The van der Waals surface area contributed by atoms with Crippen LogP contribution in [0.1, 0.15) is 22.0 Å². The number of imide groups is 1. The minimum atomic E-state index is -0.996. The third kappa shape index (κ3) is 4.30. The molecule has 39 heavy (non-hydrogen) atoms. The molecule has 6 rings (SSSR count). The number of hydrogen-bond donors (Lipinski definition) is 0. The van der Waals surface area contributed by atoms with E-state index in [-0.39, 0.29) is 11.7 Å². The molecule has 2 fully saturated rings. The Morgan fingerprint density at radius 1 is 0.744 bits per heavy atom. The van der Waals surface area contributed by atoms with Crippen molar-refractivity contribution in [3.05, 3.63) is 120 Å². The van der Waals surface area contributed by atoms with Crippen LogP contribution in [0, 0.1) is 5.92 Å². The van der Waals surface area contributed by atoms with Gasteiger partial charge < -0.3 is 9.47 Å². The summed E-state index contributed by atoms with van der Waals surface area (Å²) in [6.45, 7) is 0. The van der Waals surface area contributed by atoms with Crippen LogP contribution < -0.4 is 19.4 Å². The Labute approximate surface area is 224 Å². The smallest absolute Gasteiger partial charge is 0.343 e. The first-order valence-corrected chi connectivity index (χ1v) is 12.5. The number of carbonyl (C=O) groups is 3. The van der Waals surface area contributed by atoms with Gasteiger partial charge in [0.25, 0.3) is 5.91 Å². The second kappa shape index (κ2) is 10.1. The van der Waals surface area contributed by atoms with Crippen molar-refractivity contribution in [1.82, 2.24) is 0 Å². The van der Waals surface area contributed by atoms with Crippen LogP contribution in [-0.2, 0) is 14.4 Å². The number of esters is 1. The Hall–Kier alpha value is -4.95. The summed E-state index contributed by atoms with van der Waals surface area (Å²) in [4.78, 5) is 47.3. The van der Waals surface area contributed by atoms with Gasteiger partial charge in [0.2, 0.25) is 5.91 Å². The number of ether oxygens (including phenoxy) is 2. The Bertz CT molecular complexity index is 1530. The van der Waals surface area contributed by atoms with E-state index in [4.69, 9.17) is 14.3 Å². The minimum absolute atomic E-state index is 0.233. The van der Waals surface area contributed by atoms with Gasteiger partial charge in [0, 0.05) is 0 Å². The van der Waals surface area contributed by atoms with Gasteiger partial charge in [-0.3, -0.25) is 14.4 Å². The van der Waals surface area contributed by atoms with Gasteiger partial charge in [0.05, 0.1) is 30.1 Å². The largest absolute Gasteiger partial charge is 0.493 e. The molecule has 2 aliphatic rings. The second-order valence-corrected chi connectivity index (χ2v) is 9.17. The standard InChI is InChI=1S/C31H24N2O6/c1-37-25-19-21(17-18-24(25)38-31(36)20-11-5-2-6-12-20)27-26-28(39-33(27)23-15-9-4-10-16-23)30(35)32(29(26)34)22-13-7-3-8-14-22/h2-19,26-28H,1H3/t26-,27+,28-/m0/s1. The van der Waals surface area contributed by atoms with Crippen molar-refractivity contribution in [1.29, 1.82) is 0 Å². The van der Waals surface area contributed by atoms with Crippen LogP contribution in [0.5, 0.6) is 11.5 Å². The Morgan fingerprint density at radius 3 is 2.00 bits per heavy atom. The van der Waals surface area contributed by atoms with E-state index in [0.717, 1.165) is 0 Å². The zero-order chi connectivity index (χ0) is 26.9. The molecular weight excluding hydrogens is 496 g/mol. The van der Waals surface area contributed by atoms with E-state index >= 15 is 0 Å². The summed E-state index contributed by atoms with van der Waals surface area (Å²) < 4.78 is 11.2. The van der Waals surface area contributed by atoms with E-state index in [0.29, 0.717) is 28.3 Å². The predicted molar refractivity (Wildman–Crippen MR) is 143 cm³/mol. The highest BCUT2D eigenvalue weighted by molar-refractivity contribution is 6.23. The molecule has 194 valence electrons. The monoisotopic (exact) mass is 520 g/mol. The van der Waals surface area contributed by atoms with Crippen LogP contribution >= 0.6 is 0 Å². The highest BCUT2D eigenvalue weighted by Crippen LogP contribution is 2.48. The fourth-order valence-electron chi connectivity index (χ4n) is 5.07. The lowest BCUT2D eigenvalue weighted by molar-refractivity contribution is -0.126. The summed E-state index contributed by atoms with van der Waals surface area (Å²) in [5, 5.41) is 1.61. The molecule has 0 unspecified atom stereocenters. The molecule has 0 saturated carbocycles. The van der Waals surface area contributed by atoms with Crippen LogP contribution in [0.2, 0.25) is 0 Å². The van der Waals surface area contributed by atoms with E-state index in [9.17, 15) is 14.4 Å². The summed E-state index contributed by atoms with van der Waals surface area (Å²) in [5.41, 5.74) is 2.26. The fourth-order valence-corrected chi connectivity index (χ4v) is 5.07. The number of carbonyl (C=O) groups excluding carboxylic acids is 3. The number of nitrogens with zero attached hydrogens (tertiary/aromatic N) is 2. The Kier molecular flexibility index (Phi) is 6.30. The van der Waals surface area contributed by atoms with Crippen molar-refractivity contribution in [2.75, 3.05) is 17.1 Å². The predicted octanol–water partition coefficient (Wildman–Crippen LogP) is 4.97. The highest BCUT2D eigenvalue weighted by Gasteiger charge is 2.60. The Morgan fingerprint density at radius 2 is 1.36 bits per heavy atom. The number of fused-ring (bicyclic) bond motifs is 1. The quantitative estimate of drug-likeness (QED) is 0.202. The second-order valence-electron chi connectivity index (χ2n) is 9.17. The fraction of sp³-hybridized carbons (Fsp3) is 0.129. The molecule has 8 nitrogen and oxygen atoms in total. The number of amides is 2. The Balaban J connectivity index is 1.38. The molecule has 0 N–H and O–H groups in total. The van der Waals surface area contributed by atoms with Gasteiger partial charge >= 0.3 is 5.97 Å². The first kappa shape index (κ1) is 24.4. The van der Waals surface area contributed by atoms with Crippen LogP contribution in [-0.4, -0.2) is 31.0 Å². The molecule has 0 aliphatic carbocycles. The summed E-state index contributed by atoms with van der Waals surface area (Å²) in [5.74, 6) is -1.55. The number of hydroxylamine groups is 1. The van der Waals surface area contributed by atoms with E-state index in [1.54, 1.807) is 71.8 Å². The van der Waals surface area contributed by atoms with Crippen molar-refractivity contribution >= 4 is 29.2 Å². The molecule has 0 bridgehead atoms. The number of methoxy groups -OCH3 is 1. The third-order valence-corrected chi connectivity index (χ3v) is 6.88. The van der Waals surface area contributed by atoms with Crippen LogP contribution in [0.15, 0.2) is 109 Å². The van der Waals surface area contributed by atoms with Crippen LogP contribution in [0.25, 0.3) is 0 Å². The summed E-state index contributed by atoms with van der Waals surface area (Å²) >= 11 is 0. The van der Waals surface area contributed by atoms with E-state index in [2.05, 4.69) is 0 Å². The molecule has 0 spiro atoms. The van der Waals surface area contributed by atoms with Crippen LogP contribution in [0.3, 0.4) is 0 Å². The lowest BCUT2D eigenvalue weighted by Gasteiger charge is -2.29. The highest BCUT2D eigenvalue weighted by atomic mass is 16.7. The van der Waals surface area contributed by atoms with Gasteiger partial charge in [-0.15, -0.1) is 0 Å². The maximum atomic E-state index is 13.8. The van der Waals surface area contributed by atoms with Gasteiger partial charge in [-0.05, 0) is 54.1 Å². The number of rotatable bonds is 6. The van der Waals surface area contributed by atoms with Crippen LogP contribution in [0.4, 0.5) is 11.4 Å². The van der Waals surface area contributed by atoms with Crippen molar-refractivity contribution in [2.45, 2.75) is 12.1 Å². The molecule has 0 radical (unpaired) electrons. The van der Waals surface area contributed by atoms with Gasteiger partial charge in [0.15, 0.2) is 17.6 Å². The molecular formula is C31H24N2O6. The molecule has 2 amide bonds. The molecule has 2 aliphatic heterocycles. The van der Waals surface area contributed by atoms with Gasteiger partial charge in [-0.25, -0.2) is 14.8 Å². The number of benzene rings is 4. The van der Waals surface area contributed by atoms with E-state index in [1.165, 1.54) is 12.0 Å². The van der Waals surface area contributed by atoms with Crippen molar-refractivity contribution < 1.29 is 28.7 Å². The molecule has 4 aromatic rings. The number of para-hydroxylation sites is 2. The summed E-state index contributed by atoms with van der Waals surface area (Å²) in [6, 6.07) is 31.2. The summed E-state index contributed by atoms with van der Waals surface area (Å²) in [6.07, 6.45) is -0.996. The summed E-state index contributed by atoms with van der Waals surface area (Å²) in [7, 11) is 1.48. The minimum Gasteiger partial charge on any atom is -0.493 e.